The van der Waals surface area contributed by atoms with E-state index in [2.05, 4.69) is 0 Å². The van der Waals surface area contributed by atoms with Crippen molar-refractivity contribution in [2.24, 2.45) is 0 Å². The van der Waals surface area contributed by atoms with E-state index in [4.69, 9.17) is 9.47 Å². The van der Waals surface area contributed by atoms with Crippen LogP contribution in [0.25, 0.3) is 0 Å². The molecule has 6 heteroatoms. The lowest BCUT2D eigenvalue weighted by Crippen LogP contribution is -2.26. The number of cyclic esters (lactones) is 1. The summed E-state index contributed by atoms with van der Waals surface area (Å²) in [5, 5.41) is 29.7. The Kier molecular flexibility index (Phi) is 14.2. The van der Waals surface area contributed by atoms with Crippen LogP contribution >= 0.6 is 0 Å². The van der Waals surface area contributed by atoms with Crippen molar-refractivity contribution in [3.8, 4) is 0 Å². The van der Waals surface area contributed by atoms with Crippen LogP contribution in [0.2, 0.25) is 0 Å². The molecule has 1 aliphatic rings. The van der Waals surface area contributed by atoms with Gasteiger partial charge in [0.2, 0.25) is 0 Å². The van der Waals surface area contributed by atoms with Crippen LogP contribution in [0.3, 0.4) is 0 Å². The van der Waals surface area contributed by atoms with Gasteiger partial charge in [-0.3, -0.25) is 0 Å². The maximum absolute atomic E-state index is 12.1. The summed E-state index contributed by atoms with van der Waals surface area (Å²) >= 11 is 0. The third-order valence-corrected chi connectivity index (χ3v) is 4.54. The Bertz CT molecular complexity index is 671. The number of carbonyl (C=O) groups excluding carboxylic acids is 1. The third kappa shape index (κ3) is 14.4. The topological polar surface area (TPSA) is 96.2 Å². The lowest BCUT2D eigenvalue weighted by atomic mass is 10.1. The number of hydrogen-bond donors (Lipinski definition) is 3. The smallest absolute Gasteiger partial charge is 0.331 e. The monoisotopic (exact) mass is 432 g/mol. The molecular formula is C25H36O6. The lowest BCUT2D eigenvalue weighted by Gasteiger charge is -2.21. The second kappa shape index (κ2) is 16.4. The molecule has 0 aromatic rings. The summed E-state index contributed by atoms with van der Waals surface area (Å²) in [6.07, 6.45) is 20.3. The maximum Gasteiger partial charge on any atom is 0.331 e. The van der Waals surface area contributed by atoms with Gasteiger partial charge in [0.15, 0.2) is 0 Å². The summed E-state index contributed by atoms with van der Waals surface area (Å²) < 4.78 is 10.9. The molecule has 3 N–H and O–H groups in total. The van der Waals surface area contributed by atoms with E-state index in [-0.39, 0.29) is 6.10 Å². The average molecular weight is 433 g/mol. The minimum atomic E-state index is -0.619. The highest BCUT2D eigenvalue weighted by Crippen LogP contribution is 2.14. The van der Waals surface area contributed by atoms with Crippen molar-refractivity contribution < 1.29 is 29.6 Å². The number of allylic oxidation sites excluding steroid dienone is 8. The SMILES string of the molecule is CO[C@H]1/C=C/C=C/C=C/C[C@H](O)C[C@@H](O)C/C=C/C=C/C=C/C(=O)O[C@H](C[C@H](C)O)C1. The summed E-state index contributed by atoms with van der Waals surface area (Å²) in [4.78, 5) is 12.1. The molecule has 1 aliphatic heterocycles. The van der Waals surface area contributed by atoms with Crippen LogP contribution in [0.4, 0.5) is 0 Å². The molecule has 5 atom stereocenters. The minimum absolute atomic E-state index is 0.277. The van der Waals surface area contributed by atoms with Gasteiger partial charge in [-0.05, 0) is 26.2 Å². The summed E-state index contributed by atoms with van der Waals surface area (Å²) in [5.74, 6) is -0.491. The van der Waals surface area contributed by atoms with Crippen LogP contribution in [0, 0.1) is 0 Å². The standard InChI is InChI=1S/C25H36O6/c1-20(26)17-24-19-23(30-2)15-11-7-3-5-9-13-21(27)18-22(28)14-10-6-4-8-12-16-25(29)31-24/h3-12,15-16,20-24,26-28H,13-14,17-19H2,1-2H3/b7-3+,8-4+,9-5+,10-6+,15-11+,16-12+/t20-,21-,22-,23-,24+/m0/s1. The fraction of sp³-hybridized carbons (Fsp3) is 0.480. The van der Waals surface area contributed by atoms with Gasteiger partial charge >= 0.3 is 5.97 Å². The van der Waals surface area contributed by atoms with E-state index < -0.39 is 30.4 Å². The van der Waals surface area contributed by atoms with Crippen molar-refractivity contribution in [2.45, 2.75) is 69.5 Å². The summed E-state index contributed by atoms with van der Waals surface area (Å²) in [6, 6.07) is 0. The van der Waals surface area contributed by atoms with Crippen molar-refractivity contribution in [2.75, 3.05) is 7.11 Å². The number of carbonyl (C=O) groups is 1. The predicted molar refractivity (Wildman–Crippen MR) is 122 cm³/mol. The molecule has 6 nitrogen and oxygen atoms in total. The third-order valence-electron chi connectivity index (χ3n) is 4.54. The number of aliphatic hydroxyl groups is 3. The predicted octanol–water partition coefficient (Wildman–Crippen LogP) is 3.32. The molecule has 1 heterocycles. The van der Waals surface area contributed by atoms with Crippen molar-refractivity contribution in [1.29, 1.82) is 0 Å². The van der Waals surface area contributed by atoms with E-state index in [9.17, 15) is 20.1 Å². The Morgan fingerprint density at radius 1 is 0.968 bits per heavy atom. The zero-order valence-electron chi connectivity index (χ0n) is 18.4. The highest BCUT2D eigenvalue weighted by Gasteiger charge is 2.19. The fourth-order valence-corrected chi connectivity index (χ4v) is 3.00. The molecule has 0 aromatic heterocycles. The van der Waals surface area contributed by atoms with Crippen molar-refractivity contribution in [3.63, 3.8) is 0 Å². The Morgan fingerprint density at radius 2 is 1.55 bits per heavy atom. The number of esters is 1. The Balaban J connectivity index is 2.90. The zero-order valence-corrected chi connectivity index (χ0v) is 18.4. The van der Waals surface area contributed by atoms with Gasteiger partial charge in [-0.25, -0.2) is 4.79 Å². The minimum Gasteiger partial charge on any atom is -0.459 e. The number of hydrogen-bond acceptors (Lipinski definition) is 6. The quantitative estimate of drug-likeness (QED) is 0.592. The van der Waals surface area contributed by atoms with Gasteiger partial charge in [-0.15, -0.1) is 0 Å². The molecule has 0 aromatic carbocycles. The number of methoxy groups -OCH3 is 1. The number of rotatable bonds is 3. The van der Waals surface area contributed by atoms with Gasteiger partial charge < -0.3 is 24.8 Å². The second-order valence-corrected chi connectivity index (χ2v) is 7.54. The van der Waals surface area contributed by atoms with Gasteiger partial charge in [-0.2, -0.15) is 0 Å². The molecule has 0 radical (unpaired) electrons. The highest BCUT2D eigenvalue weighted by molar-refractivity contribution is 5.82. The number of aliphatic hydroxyl groups excluding tert-OH is 3. The average Bonchev–Trinajstić information content (AvgIpc) is 2.70. The van der Waals surface area contributed by atoms with E-state index in [1.807, 2.05) is 36.5 Å². The highest BCUT2D eigenvalue weighted by atomic mass is 16.5. The fourth-order valence-electron chi connectivity index (χ4n) is 3.00. The van der Waals surface area contributed by atoms with Crippen LogP contribution in [-0.2, 0) is 14.3 Å². The first-order valence-corrected chi connectivity index (χ1v) is 10.7. The second-order valence-electron chi connectivity index (χ2n) is 7.54. The van der Waals surface area contributed by atoms with Gasteiger partial charge in [0.25, 0.3) is 0 Å². The molecule has 0 fully saturated rings. The van der Waals surface area contributed by atoms with Crippen LogP contribution in [0.15, 0.2) is 72.9 Å². The van der Waals surface area contributed by atoms with Crippen molar-refractivity contribution >= 4 is 5.97 Å². The molecule has 0 aliphatic carbocycles. The van der Waals surface area contributed by atoms with Crippen LogP contribution < -0.4 is 0 Å². The van der Waals surface area contributed by atoms with E-state index in [0.29, 0.717) is 32.1 Å². The van der Waals surface area contributed by atoms with E-state index >= 15 is 0 Å². The molecular weight excluding hydrogens is 396 g/mol. The largest absolute Gasteiger partial charge is 0.459 e. The Labute approximate surface area is 185 Å². The molecule has 31 heavy (non-hydrogen) atoms. The molecule has 0 saturated heterocycles. The molecule has 0 amide bonds. The van der Waals surface area contributed by atoms with Crippen molar-refractivity contribution in [1.82, 2.24) is 0 Å². The zero-order chi connectivity index (χ0) is 22.9. The van der Waals surface area contributed by atoms with Gasteiger partial charge in [0.05, 0.1) is 24.4 Å². The van der Waals surface area contributed by atoms with E-state index in [1.54, 1.807) is 44.4 Å². The molecule has 1 rings (SSSR count). The molecule has 0 saturated carbocycles. The Morgan fingerprint density at radius 3 is 2.13 bits per heavy atom. The molecule has 172 valence electrons. The van der Waals surface area contributed by atoms with E-state index in [1.165, 1.54) is 6.08 Å². The van der Waals surface area contributed by atoms with Crippen LogP contribution in [-0.4, -0.2) is 58.9 Å². The molecule has 0 spiro atoms. The summed E-state index contributed by atoms with van der Waals surface area (Å²) in [5.41, 5.74) is 0. The molecule has 0 bridgehead atoms. The van der Waals surface area contributed by atoms with Crippen LogP contribution in [0.1, 0.15) is 39.0 Å². The summed E-state index contributed by atoms with van der Waals surface area (Å²) in [6.45, 7) is 1.65. The first-order chi connectivity index (χ1) is 14.9. The van der Waals surface area contributed by atoms with E-state index in [0.717, 1.165) is 0 Å². The van der Waals surface area contributed by atoms with Crippen LogP contribution in [0.5, 0.6) is 0 Å². The Hall–Kier alpha value is -2.25. The number of ether oxygens (including phenoxy) is 2. The van der Waals surface area contributed by atoms with Gasteiger partial charge in [0.1, 0.15) is 6.10 Å². The summed E-state index contributed by atoms with van der Waals surface area (Å²) in [7, 11) is 1.58. The van der Waals surface area contributed by atoms with Crippen molar-refractivity contribution in [3.05, 3.63) is 72.9 Å². The van der Waals surface area contributed by atoms with Gasteiger partial charge in [0, 0.05) is 26.0 Å². The normalized spacial score (nSPS) is 34.2. The first-order valence-electron chi connectivity index (χ1n) is 10.7. The van der Waals surface area contributed by atoms with Gasteiger partial charge in [-0.1, -0.05) is 66.8 Å². The maximum atomic E-state index is 12.1. The molecule has 0 unspecified atom stereocenters. The lowest BCUT2D eigenvalue weighted by molar-refractivity contribution is -0.145. The first kappa shape index (κ1) is 26.8.